The van der Waals surface area contributed by atoms with Gasteiger partial charge in [-0.25, -0.2) is 4.39 Å². The molecule has 0 aliphatic heterocycles. The van der Waals surface area contributed by atoms with Crippen LogP contribution in [-0.2, 0) is 6.54 Å². The van der Waals surface area contributed by atoms with E-state index in [1.54, 1.807) is 24.3 Å². The lowest BCUT2D eigenvalue weighted by atomic mass is 10.1. The summed E-state index contributed by atoms with van der Waals surface area (Å²) < 4.78 is 13.7. The van der Waals surface area contributed by atoms with Crippen molar-refractivity contribution in [3.05, 3.63) is 95.6 Å². The normalized spacial score (nSPS) is 11.6. The lowest BCUT2D eigenvalue weighted by Crippen LogP contribution is -2.24. The summed E-state index contributed by atoms with van der Waals surface area (Å²) in [5.41, 5.74) is 2.09. The van der Waals surface area contributed by atoms with Crippen LogP contribution in [0.2, 0.25) is 0 Å². The quantitative estimate of drug-likeness (QED) is 0.601. The number of carbonyl (C=O) groups excluding carboxylic acids is 1. The minimum absolute atomic E-state index is 0.107. The first-order chi connectivity index (χ1) is 13.1. The first-order valence-corrected chi connectivity index (χ1v) is 8.58. The highest BCUT2D eigenvalue weighted by atomic mass is 19.1. The van der Waals surface area contributed by atoms with Gasteiger partial charge in [-0.3, -0.25) is 9.78 Å². The average Bonchev–Trinajstić information content (AvgIpc) is 2.71. The van der Waals surface area contributed by atoms with Gasteiger partial charge in [0, 0.05) is 30.5 Å². The predicted octanol–water partition coefficient (Wildman–Crippen LogP) is 3.30. The van der Waals surface area contributed by atoms with Gasteiger partial charge in [-0.15, -0.1) is 0 Å². The minimum Gasteiger partial charge on any atom is -0.386 e. The summed E-state index contributed by atoms with van der Waals surface area (Å²) in [5, 5.41) is 16.0. The molecule has 3 rings (SSSR count). The van der Waals surface area contributed by atoms with Crippen molar-refractivity contribution >= 4 is 11.6 Å². The SMILES string of the molecule is O=C(NCc1ccccc1)c1cc(NCC(O)c2ccccc2F)ccn1. The summed E-state index contributed by atoms with van der Waals surface area (Å²) in [6.07, 6.45) is 0.504. The summed E-state index contributed by atoms with van der Waals surface area (Å²) >= 11 is 0. The Morgan fingerprint density at radius 1 is 1.07 bits per heavy atom. The smallest absolute Gasteiger partial charge is 0.270 e. The van der Waals surface area contributed by atoms with E-state index in [2.05, 4.69) is 15.6 Å². The maximum atomic E-state index is 13.7. The molecule has 0 fully saturated rings. The Balaban J connectivity index is 1.58. The average molecular weight is 365 g/mol. The zero-order valence-corrected chi connectivity index (χ0v) is 14.6. The van der Waals surface area contributed by atoms with E-state index in [1.165, 1.54) is 18.3 Å². The van der Waals surface area contributed by atoms with E-state index < -0.39 is 11.9 Å². The number of rotatable bonds is 7. The maximum Gasteiger partial charge on any atom is 0.270 e. The van der Waals surface area contributed by atoms with Crippen LogP contribution in [-0.4, -0.2) is 22.5 Å². The Hall–Kier alpha value is -3.25. The van der Waals surface area contributed by atoms with Crippen molar-refractivity contribution in [2.45, 2.75) is 12.6 Å². The molecule has 1 atom stereocenters. The van der Waals surface area contributed by atoms with Gasteiger partial charge in [-0.05, 0) is 23.8 Å². The van der Waals surface area contributed by atoms with Gasteiger partial charge < -0.3 is 15.7 Å². The van der Waals surface area contributed by atoms with Crippen molar-refractivity contribution < 1.29 is 14.3 Å². The molecule has 1 amide bonds. The molecular weight excluding hydrogens is 345 g/mol. The van der Waals surface area contributed by atoms with Crippen molar-refractivity contribution in [3.63, 3.8) is 0 Å². The number of benzene rings is 2. The van der Waals surface area contributed by atoms with Crippen LogP contribution in [0.4, 0.5) is 10.1 Å². The van der Waals surface area contributed by atoms with Gasteiger partial charge >= 0.3 is 0 Å². The molecule has 3 aromatic rings. The van der Waals surface area contributed by atoms with E-state index in [0.29, 0.717) is 12.2 Å². The lowest BCUT2D eigenvalue weighted by molar-refractivity contribution is 0.0946. The second-order valence-corrected chi connectivity index (χ2v) is 6.02. The Morgan fingerprint density at radius 3 is 2.59 bits per heavy atom. The first-order valence-electron chi connectivity index (χ1n) is 8.58. The molecule has 6 heteroatoms. The Labute approximate surface area is 156 Å². The van der Waals surface area contributed by atoms with Crippen molar-refractivity contribution in [3.8, 4) is 0 Å². The topological polar surface area (TPSA) is 74.2 Å². The Kier molecular flexibility index (Phi) is 6.12. The Morgan fingerprint density at radius 2 is 1.81 bits per heavy atom. The van der Waals surface area contributed by atoms with Gasteiger partial charge in [0.25, 0.3) is 5.91 Å². The number of hydrogen-bond acceptors (Lipinski definition) is 4. The standard InChI is InChI=1S/C21H20FN3O2/c22-18-9-5-4-8-17(18)20(26)14-24-16-10-11-23-19(12-16)21(27)25-13-15-6-2-1-3-7-15/h1-12,20,26H,13-14H2,(H,23,24)(H,25,27). The first kappa shape index (κ1) is 18.5. The number of hydrogen-bond donors (Lipinski definition) is 3. The lowest BCUT2D eigenvalue weighted by Gasteiger charge is -2.14. The van der Waals surface area contributed by atoms with E-state index in [1.807, 2.05) is 30.3 Å². The number of aromatic nitrogens is 1. The number of anilines is 1. The van der Waals surface area contributed by atoms with Gasteiger partial charge in [0.2, 0.25) is 0 Å². The van der Waals surface area contributed by atoms with Crippen LogP contribution in [0.25, 0.3) is 0 Å². The Bertz CT molecular complexity index is 903. The van der Waals surface area contributed by atoms with Gasteiger partial charge in [0.05, 0.1) is 6.10 Å². The minimum atomic E-state index is -1.00. The van der Waals surface area contributed by atoms with Crippen LogP contribution in [0.5, 0.6) is 0 Å². The monoisotopic (exact) mass is 365 g/mol. The molecule has 3 N–H and O–H groups in total. The molecule has 0 radical (unpaired) electrons. The molecule has 0 bridgehead atoms. The third-order valence-electron chi connectivity index (χ3n) is 4.05. The fourth-order valence-corrected chi connectivity index (χ4v) is 2.60. The molecule has 0 aliphatic carbocycles. The highest BCUT2D eigenvalue weighted by molar-refractivity contribution is 5.93. The molecule has 0 spiro atoms. The number of carbonyl (C=O) groups is 1. The maximum absolute atomic E-state index is 13.7. The van der Waals surface area contributed by atoms with Crippen LogP contribution in [0.1, 0.15) is 27.7 Å². The van der Waals surface area contributed by atoms with Crippen molar-refractivity contribution in [1.29, 1.82) is 0 Å². The molecule has 1 unspecified atom stereocenters. The molecule has 1 heterocycles. The highest BCUT2D eigenvalue weighted by Crippen LogP contribution is 2.18. The van der Waals surface area contributed by atoms with Crippen molar-refractivity contribution in [2.24, 2.45) is 0 Å². The summed E-state index contributed by atoms with van der Waals surface area (Å²) in [7, 11) is 0. The van der Waals surface area contributed by atoms with Crippen LogP contribution in [0, 0.1) is 5.82 Å². The molecule has 0 saturated heterocycles. The number of aliphatic hydroxyl groups excluding tert-OH is 1. The third-order valence-corrected chi connectivity index (χ3v) is 4.05. The number of nitrogens with one attached hydrogen (secondary N) is 2. The zero-order chi connectivity index (χ0) is 19.1. The molecular formula is C21H20FN3O2. The number of nitrogens with zero attached hydrogens (tertiary/aromatic N) is 1. The number of pyridine rings is 1. The molecule has 0 saturated carbocycles. The number of amides is 1. The molecule has 2 aromatic carbocycles. The van der Waals surface area contributed by atoms with E-state index in [4.69, 9.17) is 0 Å². The third kappa shape index (κ3) is 5.12. The van der Waals surface area contributed by atoms with Crippen LogP contribution in [0.3, 0.4) is 0 Å². The van der Waals surface area contributed by atoms with E-state index in [0.717, 1.165) is 5.56 Å². The number of aliphatic hydroxyl groups is 1. The fourth-order valence-electron chi connectivity index (χ4n) is 2.60. The molecule has 1 aromatic heterocycles. The second kappa shape index (κ2) is 8.91. The van der Waals surface area contributed by atoms with E-state index >= 15 is 0 Å². The van der Waals surface area contributed by atoms with Gasteiger partial charge in [0.1, 0.15) is 11.5 Å². The summed E-state index contributed by atoms with van der Waals surface area (Å²) in [6.45, 7) is 0.515. The largest absolute Gasteiger partial charge is 0.386 e. The van der Waals surface area contributed by atoms with Crippen molar-refractivity contribution in [1.82, 2.24) is 10.3 Å². The summed E-state index contributed by atoms with van der Waals surface area (Å²) in [4.78, 5) is 16.4. The number of halogens is 1. The fraction of sp³-hybridized carbons (Fsp3) is 0.143. The van der Waals surface area contributed by atoms with Gasteiger partial charge in [-0.2, -0.15) is 0 Å². The predicted molar refractivity (Wildman–Crippen MR) is 102 cm³/mol. The molecule has 138 valence electrons. The van der Waals surface area contributed by atoms with Crippen molar-refractivity contribution in [2.75, 3.05) is 11.9 Å². The molecule has 5 nitrogen and oxygen atoms in total. The van der Waals surface area contributed by atoms with Gasteiger partial charge in [0.15, 0.2) is 0 Å². The summed E-state index contributed by atoms with van der Waals surface area (Å²) in [5.74, 6) is -0.750. The molecule has 0 aliphatic rings. The van der Waals surface area contributed by atoms with Crippen LogP contribution >= 0.6 is 0 Å². The zero-order valence-electron chi connectivity index (χ0n) is 14.6. The van der Waals surface area contributed by atoms with Crippen LogP contribution in [0.15, 0.2) is 72.9 Å². The van der Waals surface area contributed by atoms with E-state index in [9.17, 15) is 14.3 Å². The highest BCUT2D eigenvalue weighted by Gasteiger charge is 2.13. The summed E-state index contributed by atoms with van der Waals surface area (Å²) in [6, 6.07) is 18.9. The van der Waals surface area contributed by atoms with E-state index in [-0.39, 0.29) is 23.7 Å². The van der Waals surface area contributed by atoms with Gasteiger partial charge in [-0.1, -0.05) is 48.5 Å². The second-order valence-electron chi connectivity index (χ2n) is 6.02. The molecule has 27 heavy (non-hydrogen) atoms. The van der Waals surface area contributed by atoms with Crippen LogP contribution < -0.4 is 10.6 Å².